The minimum Gasteiger partial charge on any atom is -0.463 e. The fraction of sp³-hybridized carbons (Fsp3) is 0.667. The fourth-order valence-corrected chi connectivity index (χ4v) is 3.69. The lowest BCUT2D eigenvalue weighted by molar-refractivity contribution is -0.137. The number of carbonyl (C=O) groups is 1. The minimum absolute atomic E-state index is 0.230. The van der Waals surface area contributed by atoms with E-state index < -0.39 is 14.5 Å². The molecular weight excluding hydrogens is 200 g/mol. The molecule has 0 spiro atoms. The fourth-order valence-electron chi connectivity index (χ4n) is 1.40. The van der Waals surface area contributed by atoms with Crippen molar-refractivity contribution in [2.45, 2.75) is 24.9 Å². The predicted octanol–water partition coefficient (Wildman–Crippen LogP) is 0.960. The van der Waals surface area contributed by atoms with Crippen molar-refractivity contribution in [3.05, 3.63) is 12.7 Å². The van der Waals surface area contributed by atoms with E-state index in [9.17, 15) is 9.59 Å². The van der Waals surface area contributed by atoms with Gasteiger partial charge < -0.3 is 14.0 Å². The summed E-state index contributed by atoms with van der Waals surface area (Å²) >= 11 is 0. The average molecular weight is 216 g/mol. The third kappa shape index (κ3) is 3.61. The van der Waals surface area contributed by atoms with Gasteiger partial charge in [0.2, 0.25) is 0 Å². The summed E-state index contributed by atoms with van der Waals surface area (Å²) in [5.74, 6) is -0.446. The van der Waals surface area contributed by atoms with E-state index in [0.29, 0.717) is 12.7 Å². The molecule has 0 radical (unpaired) electrons. The van der Waals surface area contributed by atoms with E-state index in [4.69, 9.17) is 9.16 Å². The molecule has 80 valence electrons. The molecule has 4 nitrogen and oxygen atoms in total. The summed E-state index contributed by atoms with van der Waals surface area (Å²) in [6.45, 7) is 4.15. The zero-order chi connectivity index (χ0) is 10.4. The number of rotatable bonds is 4. The number of hydrogen-bond acceptors (Lipinski definition) is 4. The molecule has 1 aliphatic rings. The average Bonchev–Trinajstić information content (AvgIpc) is 2.18. The van der Waals surface area contributed by atoms with Crippen LogP contribution in [0.2, 0.25) is 12.1 Å². The molecule has 0 amide bonds. The molecule has 1 atom stereocenters. The smallest absolute Gasteiger partial charge is 0.338 e. The number of hydrogen-bond donors (Lipinski definition) is 1. The molecule has 1 N–H and O–H groups in total. The van der Waals surface area contributed by atoms with Crippen molar-refractivity contribution in [3.63, 3.8) is 0 Å². The molecule has 1 saturated heterocycles. The van der Waals surface area contributed by atoms with Gasteiger partial charge in [-0.15, -0.1) is 0 Å². The Bertz CT molecular complexity index is 211. The van der Waals surface area contributed by atoms with Crippen LogP contribution in [0.25, 0.3) is 0 Å². The predicted molar refractivity (Wildman–Crippen MR) is 53.9 cm³/mol. The highest BCUT2D eigenvalue weighted by molar-refractivity contribution is 6.66. The number of esters is 1. The maximum Gasteiger partial charge on any atom is 0.338 e. The molecule has 0 aliphatic carbocycles. The van der Waals surface area contributed by atoms with Crippen molar-refractivity contribution < 1.29 is 18.8 Å². The zero-order valence-electron chi connectivity index (χ0n) is 8.20. The lowest BCUT2D eigenvalue weighted by Gasteiger charge is -2.28. The lowest BCUT2D eigenvalue weighted by atomic mass is 10.4. The first-order chi connectivity index (χ1) is 6.66. The van der Waals surface area contributed by atoms with Crippen LogP contribution in [-0.4, -0.2) is 32.5 Å². The SMILES string of the molecule is C=CC(=O)OCC[Si]1(O)CCCCO1. The summed E-state index contributed by atoms with van der Waals surface area (Å²) in [5, 5.41) is 0. The summed E-state index contributed by atoms with van der Waals surface area (Å²) in [5.41, 5.74) is 0. The van der Waals surface area contributed by atoms with Crippen molar-refractivity contribution >= 4 is 14.5 Å². The topological polar surface area (TPSA) is 55.8 Å². The zero-order valence-corrected chi connectivity index (χ0v) is 9.20. The van der Waals surface area contributed by atoms with E-state index in [1.54, 1.807) is 0 Å². The maximum atomic E-state index is 10.7. The lowest BCUT2D eigenvalue weighted by Crippen LogP contribution is -2.42. The van der Waals surface area contributed by atoms with Crippen LogP contribution in [0.1, 0.15) is 12.8 Å². The van der Waals surface area contributed by atoms with Crippen LogP contribution in [0.4, 0.5) is 0 Å². The Kier molecular flexibility index (Phi) is 4.31. The Morgan fingerprint density at radius 3 is 3.00 bits per heavy atom. The van der Waals surface area contributed by atoms with Gasteiger partial charge in [-0.1, -0.05) is 6.58 Å². The Morgan fingerprint density at radius 2 is 2.43 bits per heavy atom. The van der Waals surface area contributed by atoms with E-state index in [1.165, 1.54) is 0 Å². The van der Waals surface area contributed by atoms with Gasteiger partial charge in [-0.05, 0) is 18.9 Å². The van der Waals surface area contributed by atoms with Crippen LogP contribution in [0.3, 0.4) is 0 Å². The van der Waals surface area contributed by atoms with Gasteiger partial charge in [-0.3, -0.25) is 0 Å². The first kappa shape index (κ1) is 11.4. The van der Waals surface area contributed by atoms with Crippen molar-refractivity contribution in [3.8, 4) is 0 Å². The summed E-state index contributed by atoms with van der Waals surface area (Å²) in [4.78, 5) is 20.7. The quantitative estimate of drug-likeness (QED) is 0.432. The van der Waals surface area contributed by atoms with Crippen LogP contribution < -0.4 is 0 Å². The van der Waals surface area contributed by atoms with E-state index in [-0.39, 0.29) is 6.61 Å². The Labute approximate surface area is 84.8 Å². The highest BCUT2D eigenvalue weighted by Gasteiger charge is 2.35. The molecule has 14 heavy (non-hydrogen) atoms. The van der Waals surface area contributed by atoms with Crippen LogP contribution in [0.5, 0.6) is 0 Å². The Morgan fingerprint density at radius 1 is 1.64 bits per heavy atom. The van der Waals surface area contributed by atoms with Gasteiger partial charge in [0.05, 0.1) is 6.61 Å². The monoisotopic (exact) mass is 216 g/mol. The van der Waals surface area contributed by atoms with E-state index in [0.717, 1.165) is 25.0 Å². The number of ether oxygens (including phenoxy) is 1. The molecule has 0 aromatic heterocycles. The largest absolute Gasteiger partial charge is 0.463 e. The van der Waals surface area contributed by atoms with Gasteiger partial charge >= 0.3 is 14.5 Å². The summed E-state index contributed by atoms with van der Waals surface area (Å²) in [6, 6.07) is 1.21. The molecule has 1 fully saturated rings. The van der Waals surface area contributed by atoms with Gasteiger partial charge in [0, 0.05) is 18.7 Å². The van der Waals surface area contributed by atoms with E-state index in [2.05, 4.69) is 6.58 Å². The molecule has 0 aromatic rings. The summed E-state index contributed by atoms with van der Waals surface area (Å²) in [6.07, 6.45) is 3.15. The molecular formula is C9H16O4Si. The van der Waals surface area contributed by atoms with E-state index >= 15 is 0 Å². The second-order valence-electron chi connectivity index (χ2n) is 3.37. The second kappa shape index (κ2) is 5.28. The molecule has 5 heteroatoms. The molecule has 1 heterocycles. The highest BCUT2D eigenvalue weighted by Crippen LogP contribution is 2.22. The van der Waals surface area contributed by atoms with Crippen molar-refractivity contribution in [2.75, 3.05) is 13.2 Å². The summed E-state index contributed by atoms with van der Waals surface area (Å²) < 4.78 is 10.2. The van der Waals surface area contributed by atoms with Crippen LogP contribution in [-0.2, 0) is 14.0 Å². The van der Waals surface area contributed by atoms with Crippen LogP contribution >= 0.6 is 0 Å². The van der Waals surface area contributed by atoms with Crippen molar-refractivity contribution in [1.29, 1.82) is 0 Å². The third-order valence-electron chi connectivity index (χ3n) is 2.24. The van der Waals surface area contributed by atoms with Crippen molar-refractivity contribution in [1.82, 2.24) is 0 Å². The Hall–Kier alpha value is -0.653. The van der Waals surface area contributed by atoms with Crippen LogP contribution in [0, 0.1) is 0 Å². The summed E-state index contributed by atoms with van der Waals surface area (Å²) in [7, 11) is -2.53. The first-order valence-corrected chi connectivity index (χ1v) is 7.09. The minimum atomic E-state index is -2.53. The molecule has 0 aromatic carbocycles. The molecule has 0 bridgehead atoms. The van der Waals surface area contributed by atoms with Crippen LogP contribution in [0.15, 0.2) is 12.7 Å². The second-order valence-corrected chi connectivity index (χ2v) is 6.55. The molecule has 1 aliphatic heterocycles. The maximum absolute atomic E-state index is 10.7. The normalized spacial score (nSPS) is 26.9. The molecule has 1 rings (SSSR count). The van der Waals surface area contributed by atoms with Gasteiger partial charge in [-0.2, -0.15) is 0 Å². The standard InChI is InChI=1S/C9H16O4Si/c1-2-9(10)12-6-8-14(11)7-4-3-5-13-14/h2,11H,1,3-8H2. The van der Waals surface area contributed by atoms with Crippen molar-refractivity contribution in [2.24, 2.45) is 0 Å². The van der Waals surface area contributed by atoms with Gasteiger partial charge in [0.15, 0.2) is 0 Å². The van der Waals surface area contributed by atoms with Gasteiger partial charge in [0.1, 0.15) is 0 Å². The van der Waals surface area contributed by atoms with Gasteiger partial charge in [0.25, 0.3) is 0 Å². The first-order valence-electron chi connectivity index (χ1n) is 4.82. The molecule has 1 unspecified atom stereocenters. The van der Waals surface area contributed by atoms with Gasteiger partial charge in [-0.25, -0.2) is 4.79 Å². The third-order valence-corrected chi connectivity index (χ3v) is 5.10. The molecule has 0 saturated carbocycles. The highest BCUT2D eigenvalue weighted by atomic mass is 28.4. The number of carbonyl (C=O) groups excluding carboxylic acids is 1. The Balaban J connectivity index is 2.21. The van der Waals surface area contributed by atoms with E-state index in [1.807, 2.05) is 0 Å².